The Hall–Kier alpha value is -3.34. The fourth-order valence-corrected chi connectivity index (χ4v) is 2.37. The van der Waals surface area contributed by atoms with Crippen LogP contribution in [0.5, 0.6) is 5.75 Å². The van der Waals surface area contributed by atoms with Crippen LogP contribution in [0.4, 0.5) is 22.7 Å². The number of benzene rings is 3. The van der Waals surface area contributed by atoms with E-state index in [1.54, 1.807) is 18.2 Å². The van der Waals surface area contributed by atoms with Crippen molar-refractivity contribution < 1.29 is 4.74 Å². The third-order valence-electron chi connectivity index (χ3n) is 3.57. The molecule has 0 saturated heterocycles. The number of para-hydroxylation sites is 1. The van der Waals surface area contributed by atoms with E-state index in [1.165, 1.54) is 0 Å². The van der Waals surface area contributed by atoms with Crippen molar-refractivity contribution in [3.63, 3.8) is 0 Å². The molecule has 7 N–H and O–H groups in total. The second-order valence-electron chi connectivity index (χ2n) is 5.48. The summed E-state index contributed by atoms with van der Waals surface area (Å²) in [5, 5.41) is 3.34. The van der Waals surface area contributed by atoms with Gasteiger partial charge < -0.3 is 27.3 Å². The topological polar surface area (TPSA) is 99.3 Å². The highest BCUT2D eigenvalue weighted by Crippen LogP contribution is 2.30. The summed E-state index contributed by atoms with van der Waals surface area (Å²) in [5.41, 5.74) is 21.3. The molecule has 122 valence electrons. The summed E-state index contributed by atoms with van der Waals surface area (Å²) < 4.78 is 6.10. The molecule has 24 heavy (non-hydrogen) atoms. The molecule has 0 aromatic heterocycles. The Morgan fingerprint density at radius 3 is 2.25 bits per heavy atom. The van der Waals surface area contributed by atoms with E-state index in [-0.39, 0.29) is 0 Å². The average Bonchev–Trinajstić information content (AvgIpc) is 2.58. The Morgan fingerprint density at radius 2 is 1.50 bits per heavy atom. The minimum atomic E-state index is -0.458. The molecule has 1 atom stereocenters. The number of nitrogens with one attached hydrogen (secondary N) is 1. The molecule has 0 aliphatic rings. The monoisotopic (exact) mass is 320 g/mol. The first-order chi connectivity index (χ1) is 11.6. The number of anilines is 4. The highest BCUT2D eigenvalue weighted by Gasteiger charge is 2.15. The molecule has 0 bridgehead atoms. The van der Waals surface area contributed by atoms with Crippen molar-refractivity contribution in [1.82, 2.24) is 0 Å². The highest BCUT2D eigenvalue weighted by atomic mass is 16.5. The van der Waals surface area contributed by atoms with Crippen molar-refractivity contribution in [1.29, 1.82) is 0 Å². The van der Waals surface area contributed by atoms with Crippen molar-refractivity contribution in [3.05, 3.63) is 78.4 Å². The van der Waals surface area contributed by atoms with E-state index in [4.69, 9.17) is 21.9 Å². The number of ether oxygens (including phenoxy) is 1. The summed E-state index contributed by atoms with van der Waals surface area (Å²) in [6.07, 6.45) is -0.458. The van der Waals surface area contributed by atoms with E-state index in [0.29, 0.717) is 22.8 Å². The first kappa shape index (κ1) is 15.6. The molecular formula is C19H20N4O. The zero-order valence-corrected chi connectivity index (χ0v) is 13.1. The Kier molecular flexibility index (Phi) is 4.43. The number of hydrogen-bond acceptors (Lipinski definition) is 5. The van der Waals surface area contributed by atoms with Gasteiger partial charge in [0.15, 0.2) is 6.23 Å². The van der Waals surface area contributed by atoms with Gasteiger partial charge in [-0.05, 0) is 36.4 Å². The fourth-order valence-electron chi connectivity index (χ4n) is 2.37. The molecule has 0 spiro atoms. The predicted octanol–water partition coefficient (Wildman–Crippen LogP) is 3.62. The van der Waals surface area contributed by atoms with Crippen LogP contribution in [0.15, 0.2) is 72.8 Å². The van der Waals surface area contributed by atoms with Gasteiger partial charge in [0.25, 0.3) is 0 Å². The Balaban J connectivity index is 1.93. The molecule has 0 radical (unpaired) electrons. The second-order valence-corrected chi connectivity index (χ2v) is 5.48. The van der Waals surface area contributed by atoms with Crippen LogP contribution in [0, 0.1) is 0 Å². The quantitative estimate of drug-likeness (QED) is 0.425. The fraction of sp³-hybridized carbons (Fsp3) is 0.0526. The first-order valence-corrected chi connectivity index (χ1v) is 7.60. The van der Waals surface area contributed by atoms with Crippen LogP contribution in [-0.2, 0) is 0 Å². The summed E-state index contributed by atoms with van der Waals surface area (Å²) in [6.45, 7) is 0. The third kappa shape index (κ3) is 3.70. The number of hydrogen-bond donors (Lipinski definition) is 4. The molecule has 0 saturated carbocycles. The van der Waals surface area contributed by atoms with Gasteiger partial charge in [-0.2, -0.15) is 0 Å². The van der Waals surface area contributed by atoms with Gasteiger partial charge in [0, 0.05) is 28.7 Å². The SMILES string of the molecule is Nc1cccc(C(Nc2ccccc2)Oc2cc(N)ccc2N)c1. The molecule has 0 heterocycles. The largest absolute Gasteiger partial charge is 0.464 e. The molecule has 0 amide bonds. The van der Waals surface area contributed by atoms with Gasteiger partial charge in [0.05, 0.1) is 5.69 Å². The summed E-state index contributed by atoms with van der Waals surface area (Å²) in [4.78, 5) is 0. The standard InChI is InChI=1S/C19H20N4O/c20-14-6-4-5-13(11-14)19(23-16-7-2-1-3-8-16)24-18-12-15(21)9-10-17(18)22/h1-12,19,23H,20-22H2. The van der Waals surface area contributed by atoms with E-state index < -0.39 is 6.23 Å². The number of nitrogen functional groups attached to an aromatic ring is 3. The molecule has 3 aromatic carbocycles. The maximum Gasteiger partial charge on any atom is 0.196 e. The van der Waals surface area contributed by atoms with E-state index in [1.807, 2.05) is 54.6 Å². The highest BCUT2D eigenvalue weighted by molar-refractivity contribution is 5.60. The Morgan fingerprint density at radius 1 is 0.750 bits per heavy atom. The average molecular weight is 320 g/mol. The predicted molar refractivity (Wildman–Crippen MR) is 99.6 cm³/mol. The van der Waals surface area contributed by atoms with Crippen molar-refractivity contribution in [2.75, 3.05) is 22.5 Å². The van der Waals surface area contributed by atoms with Crippen molar-refractivity contribution in [2.24, 2.45) is 0 Å². The summed E-state index contributed by atoms with van der Waals surface area (Å²) >= 11 is 0. The summed E-state index contributed by atoms with van der Waals surface area (Å²) in [7, 11) is 0. The van der Waals surface area contributed by atoms with E-state index in [9.17, 15) is 0 Å². The van der Waals surface area contributed by atoms with Gasteiger partial charge in [0.2, 0.25) is 0 Å². The lowest BCUT2D eigenvalue weighted by atomic mass is 10.1. The number of nitrogens with two attached hydrogens (primary N) is 3. The maximum absolute atomic E-state index is 6.10. The van der Waals surface area contributed by atoms with Crippen molar-refractivity contribution in [3.8, 4) is 5.75 Å². The second kappa shape index (κ2) is 6.83. The van der Waals surface area contributed by atoms with E-state index in [2.05, 4.69) is 5.32 Å². The lowest BCUT2D eigenvalue weighted by Gasteiger charge is -2.23. The zero-order chi connectivity index (χ0) is 16.9. The molecule has 0 aliphatic carbocycles. The van der Waals surface area contributed by atoms with Gasteiger partial charge >= 0.3 is 0 Å². The molecular weight excluding hydrogens is 300 g/mol. The van der Waals surface area contributed by atoms with Crippen LogP contribution in [0.25, 0.3) is 0 Å². The molecule has 3 rings (SSSR count). The molecule has 0 aliphatic heterocycles. The molecule has 1 unspecified atom stereocenters. The lowest BCUT2D eigenvalue weighted by molar-refractivity contribution is 0.237. The van der Waals surface area contributed by atoms with Gasteiger partial charge in [-0.25, -0.2) is 0 Å². The molecule has 3 aromatic rings. The van der Waals surface area contributed by atoms with Gasteiger partial charge in [-0.1, -0.05) is 30.3 Å². The summed E-state index contributed by atoms with van der Waals surface area (Å²) in [6, 6.07) is 22.5. The Labute approximate surface area is 141 Å². The molecule has 0 fully saturated rings. The van der Waals surface area contributed by atoms with Crippen LogP contribution < -0.4 is 27.3 Å². The van der Waals surface area contributed by atoms with Gasteiger partial charge in [-0.3, -0.25) is 0 Å². The molecule has 5 heteroatoms. The summed E-state index contributed by atoms with van der Waals surface area (Å²) in [5.74, 6) is 0.519. The van der Waals surface area contributed by atoms with Crippen LogP contribution in [0.3, 0.4) is 0 Å². The normalized spacial score (nSPS) is 11.7. The third-order valence-corrected chi connectivity index (χ3v) is 3.57. The first-order valence-electron chi connectivity index (χ1n) is 7.60. The zero-order valence-electron chi connectivity index (χ0n) is 13.1. The van der Waals surface area contributed by atoms with Crippen LogP contribution >= 0.6 is 0 Å². The van der Waals surface area contributed by atoms with Gasteiger partial charge in [0.1, 0.15) is 5.75 Å². The van der Waals surface area contributed by atoms with Crippen molar-refractivity contribution in [2.45, 2.75) is 6.23 Å². The van der Waals surface area contributed by atoms with Gasteiger partial charge in [-0.15, -0.1) is 0 Å². The van der Waals surface area contributed by atoms with Crippen molar-refractivity contribution >= 4 is 22.7 Å². The smallest absolute Gasteiger partial charge is 0.196 e. The Bertz CT molecular complexity index is 821. The van der Waals surface area contributed by atoms with Crippen LogP contribution in [0.2, 0.25) is 0 Å². The van der Waals surface area contributed by atoms with E-state index >= 15 is 0 Å². The minimum Gasteiger partial charge on any atom is -0.464 e. The maximum atomic E-state index is 6.10. The minimum absolute atomic E-state index is 0.458. The number of rotatable bonds is 5. The lowest BCUT2D eigenvalue weighted by Crippen LogP contribution is -2.18. The van der Waals surface area contributed by atoms with Crippen LogP contribution in [0.1, 0.15) is 11.8 Å². The van der Waals surface area contributed by atoms with Crippen LogP contribution in [-0.4, -0.2) is 0 Å². The molecule has 5 nitrogen and oxygen atoms in total. The van der Waals surface area contributed by atoms with E-state index in [0.717, 1.165) is 11.3 Å².